The third-order valence-electron chi connectivity index (χ3n) is 12.4. The Labute approximate surface area is 363 Å². The van der Waals surface area contributed by atoms with Crippen LogP contribution in [0.25, 0.3) is 66.1 Å². The topological polar surface area (TPSA) is 38.1 Å². The van der Waals surface area contributed by atoms with E-state index in [1.807, 2.05) is 30.3 Å². The zero-order chi connectivity index (χ0) is 41.4. The van der Waals surface area contributed by atoms with Gasteiger partial charge in [-0.05, 0) is 131 Å². The fraction of sp³-hybridized carbons (Fsp3) is 0. The second-order valence-corrected chi connectivity index (χ2v) is 16.1. The van der Waals surface area contributed by atoms with Crippen LogP contribution in [-0.2, 0) is 0 Å². The summed E-state index contributed by atoms with van der Waals surface area (Å²) in [5.41, 5.74) is 14.6. The standard InChI is InChI=1S/C58H36N2O3/c1-4-12-37(13-5-1)38-20-22-41(23-21-38)60(42-26-31-52-50(34-42)45-18-10-11-19-51(45)61-52)44-25-28-47-49-30-32-53-57-48(29-33-54(58(49)57)63-56(47)36-44)46-27-24-43(35-55(46)62-53)59(39-14-6-2-7-15-39)40-16-8-3-9-17-40/h1-36H. The van der Waals surface area contributed by atoms with Gasteiger partial charge in [-0.25, -0.2) is 0 Å². The molecule has 0 radical (unpaired) electrons. The predicted molar refractivity (Wildman–Crippen MR) is 257 cm³/mol. The molecule has 2 aliphatic heterocycles. The van der Waals surface area contributed by atoms with Crippen LogP contribution < -0.4 is 19.3 Å². The van der Waals surface area contributed by atoms with Gasteiger partial charge in [-0.15, -0.1) is 0 Å². The number of rotatable bonds is 7. The number of fused-ring (bicyclic) bond motifs is 7. The molecule has 5 heteroatoms. The van der Waals surface area contributed by atoms with Crippen molar-refractivity contribution in [1.29, 1.82) is 0 Å². The molecule has 0 spiro atoms. The lowest BCUT2D eigenvalue weighted by Gasteiger charge is -2.30. The molecule has 3 heterocycles. The van der Waals surface area contributed by atoms with E-state index < -0.39 is 0 Å². The van der Waals surface area contributed by atoms with Crippen LogP contribution in [0.5, 0.6) is 23.0 Å². The number of ether oxygens (including phenoxy) is 2. The van der Waals surface area contributed by atoms with Crippen molar-refractivity contribution >= 4 is 66.8 Å². The van der Waals surface area contributed by atoms with E-state index in [4.69, 9.17) is 13.9 Å². The zero-order valence-corrected chi connectivity index (χ0v) is 33.9. The van der Waals surface area contributed by atoms with Gasteiger partial charge >= 0.3 is 0 Å². The average Bonchev–Trinajstić information content (AvgIpc) is 3.72. The van der Waals surface area contributed by atoms with Gasteiger partial charge in [0.15, 0.2) is 0 Å². The van der Waals surface area contributed by atoms with Crippen LogP contribution in [0.3, 0.4) is 0 Å². The summed E-state index contributed by atoms with van der Waals surface area (Å²) in [5, 5.41) is 4.28. The Bertz CT molecular complexity index is 3530. The van der Waals surface area contributed by atoms with Crippen LogP contribution in [0.2, 0.25) is 0 Å². The lowest BCUT2D eigenvalue weighted by Crippen LogP contribution is -2.11. The second kappa shape index (κ2) is 14.0. The Balaban J connectivity index is 0.908. The van der Waals surface area contributed by atoms with Crippen molar-refractivity contribution in [2.75, 3.05) is 9.80 Å². The number of anilines is 6. The van der Waals surface area contributed by atoms with Crippen LogP contribution in [-0.4, -0.2) is 0 Å². The molecule has 63 heavy (non-hydrogen) atoms. The van der Waals surface area contributed by atoms with E-state index in [9.17, 15) is 0 Å². The maximum absolute atomic E-state index is 6.92. The first-order chi connectivity index (χ1) is 31.2. The van der Waals surface area contributed by atoms with Gasteiger partial charge in [0.2, 0.25) is 0 Å². The molecular formula is C58H36N2O3. The summed E-state index contributed by atoms with van der Waals surface area (Å²) in [6.07, 6.45) is 0. The van der Waals surface area contributed by atoms with Gasteiger partial charge in [0.05, 0.1) is 0 Å². The minimum absolute atomic E-state index is 0.799. The molecule has 5 nitrogen and oxygen atoms in total. The summed E-state index contributed by atoms with van der Waals surface area (Å²) in [6, 6.07) is 76.5. The Kier molecular flexibility index (Phi) is 7.84. The van der Waals surface area contributed by atoms with Gasteiger partial charge in [-0.2, -0.15) is 0 Å². The summed E-state index contributed by atoms with van der Waals surface area (Å²) in [4.78, 5) is 4.56. The highest BCUT2D eigenvalue weighted by Crippen LogP contribution is 2.56. The van der Waals surface area contributed by atoms with E-state index in [0.717, 1.165) is 118 Å². The summed E-state index contributed by atoms with van der Waals surface area (Å²) < 4.78 is 20.0. The molecule has 0 saturated carbocycles. The smallest absolute Gasteiger partial charge is 0.137 e. The van der Waals surface area contributed by atoms with Gasteiger partial charge in [-0.1, -0.05) is 97.1 Å². The van der Waals surface area contributed by atoms with Crippen molar-refractivity contribution in [1.82, 2.24) is 0 Å². The quantitative estimate of drug-likeness (QED) is 0.160. The lowest BCUT2D eigenvalue weighted by atomic mass is 9.88. The Hall–Kier alpha value is -8.54. The molecule has 0 unspecified atom stereocenters. The highest BCUT2D eigenvalue weighted by molar-refractivity contribution is 6.14. The van der Waals surface area contributed by atoms with E-state index in [0.29, 0.717) is 0 Å². The molecule has 1 aromatic heterocycles. The number of hydrogen-bond acceptors (Lipinski definition) is 5. The zero-order valence-electron chi connectivity index (χ0n) is 33.9. The molecule has 0 bridgehead atoms. The van der Waals surface area contributed by atoms with Gasteiger partial charge in [0, 0.05) is 78.9 Å². The molecule has 13 rings (SSSR count). The number of para-hydroxylation sites is 3. The number of furan rings is 1. The Morgan fingerprint density at radius 3 is 1.30 bits per heavy atom. The Morgan fingerprint density at radius 2 is 0.698 bits per heavy atom. The van der Waals surface area contributed by atoms with Gasteiger partial charge in [0.1, 0.15) is 34.2 Å². The monoisotopic (exact) mass is 808 g/mol. The van der Waals surface area contributed by atoms with Gasteiger partial charge in [0.25, 0.3) is 0 Å². The van der Waals surface area contributed by atoms with Crippen molar-refractivity contribution in [3.05, 3.63) is 218 Å². The fourth-order valence-corrected chi connectivity index (χ4v) is 9.54. The van der Waals surface area contributed by atoms with Crippen LogP contribution in [0, 0.1) is 0 Å². The van der Waals surface area contributed by atoms with E-state index in [-0.39, 0.29) is 0 Å². The molecular weight excluding hydrogens is 773 g/mol. The van der Waals surface area contributed by atoms with Gasteiger partial charge in [-0.3, -0.25) is 0 Å². The first-order valence-electron chi connectivity index (χ1n) is 21.2. The third-order valence-corrected chi connectivity index (χ3v) is 12.4. The van der Waals surface area contributed by atoms with Crippen molar-refractivity contribution in [2.24, 2.45) is 0 Å². The lowest BCUT2D eigenvalue weighted by molar-refractivity contribution is 0.480. The van der Waals surface area contributed by atoms with E-state index in [1.165, 1.54) is 5.56 Å². The maximum Gasteiger partial charge on any atom is 0.137 e. The Morgan fingerprint density at radius 1 is 0.270 bits per heavy atom. The first kappa shape index (κ1) is 35.2. The minimum Gasteiger partial charge on any atom is -0.456 e. The van der Waals surface area contributed by atoms with Gasteiger partial charge < -0.3 is 23.7 Å². The molecule has 11 aromatic rings. The average molecular weight is 809 g/mol. The van der Waals surface area contributed by atoms with E-state index in [1.54, 1.807) is 0 Å². The highest BCUT2D eigenvalue weighted by atomic mass is 16.5. The van der Waals surface area contributed by atoms with Crippen LogP contribution in [0.15, 0.2) is 223 Å². The molecule has 0 saturated heterocycles. The summed E-state index contributed by atoms with van der Waals surface area (Å²) >= 11 is 0. The molecule has 296 valence electrons. The predicted octanol–water partition coefficient (Wildman–Crippen LogP) is 16.9. The summed E-state index contributed by atoms with van der Waals surface area (Å²) in [5.74, 6) is 3.24. The summed E-state index contributed by atoms with van der Waals surface area (Å²) in [6.45, 7) is 0. The SMILES string of the molecule is c1ccc(-c2ccc(N(c3ccc4c(c3)Oc3ccc5c6c(ccc-4c36)Oc3cc(N(c4ccccc4)c4ccccc4)ccc3-5)c3ccc4oc5ccccc5c4c3)cc2)cc1. The van der Waals surface area contributed by atoms with E-state index in [2.05, 4.69) is 198 Å². The molecule has 0 atom stereocenters. The second-order valence-electron chi connectivity index (χ2n) is 16.1. The molecule has 0 fully saturated rings. The molecule has 10 aromatic carbocycles. The highest BCUT2D eigenvalue weighted by Gasteiger charge is 2.29. The van der Waals surface area contributed by atoms with Crippen molar-refractivity contribution < 1.29 is 13.9 Å². The first-order valence-corrected chi connectivity index (χ1v) is 21.2. The van der Waals surface area contributed by atoms with Crippen molar-refractivity contribution in [2.45, 2.75) is 0 Å². The largest absolute Gasteiger partial charge is 0.456 e. The summed E-state index contributed by atoms with van der Waals surface area (Å²) in [7, 11) is 0. The van der Waals surface area contributed by atoms with Crippen LogP contribution >= 0.6 is 0 Å². The maximum atomic E-state index is 6.92. The fourth-order valence-electron chi connectivity index (χ4n) is 9.54. The normalized spacial score (nSPS) is 12.1. The molecule has 0 amide bonds. The van der Waals surface area contributed by atoms with E-state index >= 15 is 0 Å². The number of nitrogens with zero attached hydrogens (tertiary/aromatic N) is 2. The van der Waals surface area contributed by atoms with Crippen molar-refractivity contribution in [3.63, 3.8) is 0 Å². The third kappa shape index (κ3) is 5.71. The van der Waals surface area contributed by atoms with Crippen LogP contribution in [0.1, 0.15) is 0 Å². The molecule has 0 N–H and O–H groups in total. The van der Waals surface area contributed by atoms with Crippen molar-refractivity contribution in [3.8, 4) is 56.4 Å². The number of hydrogen-bond donors (Lipinski definition) is 0. The minimum atomic E-state index is 0.799. The molecule has 0 aliphatic carbocycles. The molecule has 2 aliphatic rings. The number of benzene rings is 10. The van der Waals surface area contributed by atoms with Crippen LogP contribution in [0.4, 0.5) is 34.1 Å².